The highest BCUT2D eigenvalue weighted by Gasteiger charge is 2.18. The van der Waals surface area contributed by atoms with E-state index in [2.05, 4.69) is 34.3 Å². The molecule has 10 heteroatoms. The molecule has 0 spiro atoms. The van der Waals surface area contributed by atoms with Crippen molar-refractivity contribution in [3.8, 4) is 0 Å². The van der Waals surface area contributed by atoms with Gasteiger partial charge < -0.3 is 9.47 Å². The fraction of sp³-hybridized carbons (Fsp3) is 0.542. The molecule has 0 amide bonds. The van der Waals surface area contributed by atoms with E-state index in [-0.39, 0.29) is 46.6 Å². The van der Waals surface area contributed by atoms with Gasteiger partial charge in [0.1, 0.15) is 0 Å². The molecule has 10 nitrogen and oxygen atoms in total. The summed E-state index contributed by atoms with van der Waals surface area (Å²) in [6.45, 7) is 23.2. The van der Waals surface area contributed by atoms with Crippen LogP contribution in [0.2, 0.25) is 0 Å². The average molecular weight is 811 g/mol. The van der Waals surface area contributed by atoms with Crippen molar-refractivity contribution in [1.29, 1.82) is 0 Å². The van der Waals surface area contributed by atoms with E-state index >= 15 is 0 Å². The second-order valence-electron chi connectivity index (χ2n) is 13.3. The molecule has 0 unspecified atom stereocenters. The zero-order valence-corrected chi connectivity index (χ0v) is 37.4. The number of esters is 2. The summed E-state index contributed by atoms with van der Waals surface area (Å²) >= 11 is 0. The Kier molecular flexibility index (Phi) is 44.6. The smallest absolute Gasteiger partial charge is 0.334 e. The Morgan fingerprint density at radius 1 is 0.500 bits per heavy atom. The normalized spacial score (nSPS) is 14.2. The predicted octanol–water partition coefficient (Wildman–Crippen LogP) is 10.7. The summed E-state index contributed by atoms with van der Waals surface area (Å²) in [7, 11) is 0. The summed E-state index contributed by atoms with van der Waals surface area (Å²) in [4.78, 5) is 84.3. The third-order valence-corrected chi connectivity index (χ3v) is 6.98. The Bertz CT molecular complexity index is 1370. The van der Waals surface area contributed by atoms with Crippen molar-refractivity contribution in [2.75, 3.05) is 13.2 Å². The van der Waals surface area contributed by atoms with Crippen molar-refractivity contribution in [2.45, 2.75) is 159 Å². The fourth-order valence-corrected chi connectivity index (χ4v) is 4.08. The second kappa shape index (κ2) is 43.3. The summed E-state index contributed by atoms with van der Waals surface area (Å²) in [6, 6.07) is 0. The maximum atomic E-state index is 11.0. The first-order valence-corrected chi connectivity index (χ1v) is 20.6. The van der Waals surface area contributed by atoms with Crippen LogP contribution in [0.5, 0.6) is 0 Å². The Labute approximate surface area is 350 Å². The van der Waals surface area contributed by atoms with Gasteiger partial charge in [0, 0.05) is 36.8 Å². The molecular weight excluding hydrogens is 737 g/mol. The lowest BCUT2D eigenvalue weighted by atomic mass is 10.1. The average Bonchev–Trinajstić information content (AvgIpc) is 3.76. The summed E-state index contributed by atoms with van der Waals surface area (Å²) in [5.41, 5.74) is 2.65. The van der Waals surface area contributed by atoms with E-state index in [1.54, 1.807) is 26.0 Å². The molecule has 0 aromatic rings. The summed E-state index contributed by atoms with van der Waals surface area (Å²) in [5, 5.41) is 0. The number of ether oxygens (including phenoxy) is 2. The predicted molar refractivity (Wildman–Crippen MR) is 235 cm³/mol. The number of carbonyl (C=O) groups excluding carboxylic acids is 8. The molecule has 0 bridgehead atoms. The summed E-state index contributed by atoms with van der Waals surface area (Å²) in [6.07, 6.45) is 28.8. The van der Waals surface area contributed by atoms with E-state index in [9.17, 15) is 38.4 Å². The van der Waals surface area contributed by atoms with Gasteiger partial charge in [0.15, 0.2) is 34.7 Å². The quantitative estimate of drug-likeness (QED) is 0.0909. The van der Waals surface area contributed by atoms with Gasteiger partial charge in [-0.25, -0.2) is 9.59 Å². The summed E-state index contributed by atoms with van der Waals surface area (Å²) < 4.78 is 9.55. The maximum absolute atomic E-state index is 11.0. The molecule has 2 saturated heterocycles. The molecule has 0 atom stereocenters. The number of hydrogen-bond acceptors (Lipinski definition) is 10. The lowest BCUT2D eigenvalue weighted by Gasteiger charge is -1.96. The van der Waals surface area contributed by atoms with Gasteiger partial charge in [0.25, 0.3) is 0 Å². The van der Waals surface area contributed by atoms with Crippen LogP contribution in [0.25, 0.3) is 0 Å². The number of allylic oxidation sites excluding steroid dienone is 11. The molecule has 326 valence electrons. The molecule has 0 N–H and O–H groups in total. The van der Waals surface area contributed by atoms with Crippen molar-refractivity contribution < 1.29 is 47.8 Å². The Balaban J connectivity index is -0.000000304. The van der Waals surface area contributed by atoms with Crippen LogP contribution in [0, 0.1) is 0 Å². The molecule has 2 fully saturated rings. The van der Waals surface area contributed by atoms with E-state index < -0.39 is 0 Å². The Morgan fingerprint density at radius 2 is 0.862 bits per heavy atom. The zero-order chi connectivity index (χ0) is 45.1. The minimum atomic E-state index is -0.174. The topological polar surface area (TPSA) is 155 Å². The van der Waals surface area contributed by atoms with Gasteiger partial charge in [-0.3, -0.25) is 28.8 Å². The van der Waals surface area contributed by atoms with Gasteiger partial charge in [-0.05, 0) is 109 Å². The third-order valence-electron chi connectivity index (χ3n) is 6.98. The van der Waals surface area contributed by atoms with Crippen LogP contribution < -0.4 is 0 Å². The summed E-state index contributed by atoms with van der Waals surface area (Å²) in [5.74, 6) is -0.123. The lowest BCUT2D eigenvalue weighted by Crippen LogP contribution is -1.94. The highest BCUT2D eigenvalue weighted by atomic mass is 16.5. The molecule has 0 aliphatic carbocycles. The van der Waals surface area contributed by atoms with E-state index in [0.717, 1.165) is 93.8 Å². The van der Waals surface area contributed by atoms with Gasteiger partial charge in [-0.1, -0.05) is 97.6 Å². The van der Waals surface area contributed by atoms with Crippen LogP contribution in [-0.4, -0.2) is 59.9 Å². The van der Waals surface area contributed by atoms with Crippen LogP contribution >= 0.6 is 0 Å². The minimum absolute atomic E-state index is 0.0256. The first kappa shape index (κ1) is 59.8. The Hall–Kier alpha value is -4.86. The standard InChI is InChI=1S/C10H14O2.3C8H12O2.2C7H12O/c1-3-4-8(2)7-9-5-6-12-10(9)11;1-2-3-4-7-5-6-10-8(7)9;2*1-3-4-8(10)6-5-7(2)9;2*1-3-4-5-6-7(2)8/h7H,2-6H2,1H3;4H,2-3,5-6H2,1H3;2*5-6H,3-4H2,1-2H3;2*5-6H,3-4H2,1-2H3. The molecule has 58 heavy (non-hydrogen) atoms. The molecule has 0 radical (unpaired) electrons. The first-order valence-electron chi connectivity index (χ1n) is 20.6. The molecule has 2 aliphatic rings. The minimum Gasteiger partial charge on any atom is -0.462 e. The number of hydrogen-bond donors (Lipinski definition) is 0. The van der Waals surface area contributed by atoms with E-state index in [1.807, 2.05) is 38.2 Å². The molecule has 0 aromatic heterocycles. The highest BCUT2D eigenvalue weighted by molar-refractivity contribution is 5.98. The van der Waals surface area contributed by atoms with Crippen molar-refractivity contribution in [3.63, 3.8) is 0 Å². The lowest BCUT2D eigenvalue weighted by molar-refractivity contribution is -0.135. The molecule has 0 saturated carbocycles. The monoisotopic (exact) mass is 811 g/mol. The molecule has 2 heterocycles. The van der Waals surface area contributed by atoms with Crippen LogP contribution in [0.15, 0.2) is 84.1 Å². The largest absolute Gasteiger partial charge is 0.462 e. The highest BCUT2D eigenvalue weighted by Crippen LogP contribution is 2.16. The van der Waals surface area contributed by atoms with Crippen molar-refractivity contribution in [1.82, 2.24) is 0 Å². The number of rotatable bonds is 19. The molecule has 2 rings (SSSR count). The van der Waals surface area contributed by atoms with Crippen molar-refractivity contribution in [3.05, 3.63) is 84.1 Å². The van der Waals surface area contributed by atoms with Gasteiger partial charge >= 0.3 is 11.9 Å². The number of cyclic esters (lactones) is 2. The van der Waals surface area contributed by atoms with Crippen LogP contribution in [0.1, 0.15) is 159 Å². The van der Waals surface area contributed by atoms with E-state index in [1.165, 1.54) is 38.2 Å². The maximum Gasteiger partial charge on any atom is 0.334 e. The van der Waals surface area contributed by atoms with Crippen LogP contribution in [-0.2, 0) is 47.8 Å². The zero-order valence-electron chi connectivity index (χ0n) is 37.4. The second-order valence-corrected chi connectivity index (χ2v) is 13.3. The van der Waals surface area contributed by atoms with E-state index in [0.29, 0.717) is 26.1 Å². The number of ketones is 6. The SMILES string of the molecule is C=C(C=C1CCOC1=O)CCC.CCCC(=O)C=CC(C)=O.CCCC(=O)C=CC(C)=O.CCCC=C1CCOC1=O.CCCC=CC(C)=O.CCCC=CC(C)=O. The van der Waals surface area contributed by atoms with Crippen molar-refractivity contribution in [2.24, 2.45) is 0 Å². The van der Waals surface area contributed by atoms with Crippen molar-refractivity contribution >= 4 is 46.6 Å². The van der Waals surface area contributed by atoms with Gasteiger partial charge in [-0.15, -0.1) is 0 Å². The number of carbonyl (C=O) groups is 8. The molecule has 2 aliphatic heterocycles. The Morgan fingerprint density at radius 3 is 1.16 bits per heavy atom. The number of unbranched alkanes of at least 4 members (excludes halogenated alkanes) is 3. The van der Waals surface area contributed by atoms with Crippen LogP contribution in [0.3, 0.4) is 0 Å². The van der Waals surface area contributed by atoms with Gasteiger partial charge in [0.05, 0.1) is 13.2 Å². The van der Waals surface area contributed by atoms with Gasteiger partial charge in [0.2, 0.25) is 0 Å². The first-order chi connectivity index (χ1) is 27.4. The van der Waals surface area contributed by atoms with Crippen LogP contribution in [0.4, 0.5) is 0 Å². The third kappa shape index (κ3) is 47.3. The van der Waals surface area contributed by atoms with Gasteiger partial charge in [-0.2, -0.15) is 0 Å². The molecule has 0 aromatic carbocycles. The van der Waals surface area contributed by atoms with E-state index in [4.69, 9.17) is 9.47 Å². The molecular formula is C48H74O10. The fourth-order valence-electron chi connectivity index (χ4n) is 4.08.